The van der Waals surface area contributed by atoms with Gasteiger partial charge in [-0.2, -0.15) is 0 Å². The van der Waals surface area contributed by atoms with E-state index < -0.39 is 0 Å². The summed E-state index contributed by atoms with van der Waals surface area (Å²) in [5.74, 6) is -0.119. The minimum absolute atomic E-state index is 0.0253. The largest absolute Gasteiger partial charge is 0.353 e. The van der Waals surface area contributed by atoms with Gasteiger partial charge in [-0.3, -0.25) is 9.59 Å². The lowest BCUT2D eigenvalue weighted by Crippen LogP contribution is -2.50. The molecule has 3 rings (SSSR count). The average Bonchev–Trinajstić information content (AvgIpc) is 3.05. The van der Waals surface area contributed by atoms with Crippen LogP contribution in [0.2, 0.25) is 0 Å². The van der Waals surface area contributed by atoms with Gasteiger partial charge in [-0.05, 0) is 26.8 Å². The molecule has 0 atom stereocenters. The number of aryl methyl sites for hydroxylation is 2. The van der Waals surface area contributed by atoms with E-state index in [1.807, 2.05) is 30.7 Å². The summed E-state index contributed by atoms with van der Waals surface area (Å²) in [4.78, 5) is 30.1. The molecule has 1 aliphatic rings. The molecule has 0 unspecified atom stereocenters. The molecule has 1 saturated heterocycles. The number of hydrogen-bond donors (Lipinski definition) is 1. The maximum Gasteiger partial charge on any atom is 0.243 e. The molecule has 0 saturated carbocycles. The van der Waals surface area contributed by atoms with Crippen molar-refractivity contribution in [2.24, 2.45) is 0 Å². The van der Waals surface area contributed by atoms with Crippen LogP contribution in [0.1, 0.15) is 16.4 Å². The topological polar surface area (TPSA) is 67.2 Å². The van der Waals surface area contributed by atoms with Crippen molar-refractivity contribution in [3.63, 3.8) is 0 Å². The monoisotopic (exact) mass is 332 g/mol. The van der Waals surface area contributed by atoms with E-state index >= 15 is 0 Å². The zero-order valence-corrected chi connectivity index (χ0v) is 14.4. The number of amides is 2. The van der Waals surface area contributed by atoms with Crippen molar-refractivity contribution < 1.29 is 9.59 Å². The lowest BCUT2D eigenvalue weighted by molar-refractivity contribution is -0.138. The highest BCUT2D eigenvalue weighted by atomic mass is 32.1. The third kappa shape index (κ3) is 3.14. The van der Waals surface area contributed by atoms with Gasteiger partial charge in [-0.25, -0.2) is 4.98 Å². The highest BCUT2D eigenvalue weighted by Gasteiger charge is 2.23. The molecule has 0 spiro atoms. The Labute approximate surface area is 139 Å². The fraction of sp³-hybridized carbons (Fsp3) is 0.438. The van der Waals surface area contributed by atoms with E-state index in [9.17, 15) is 9.59 Å². The van der Waals surface area contributed by atoms with E-state index in [4.69, 9.17) is 0 Å². The summed E-state index contributed by atoms with van der Waals surface area (Å²) in [7, 11) is 0. The van der Waals surface area contributed by atoms with Crippen LogP contribution < -0.4 is 5.32 Å². The molecule has 6 nitrogen and oxygen atoms in total. The van der Waals surface area contributed by atoms with Crippen LogP contribution in [0.3, 0.4) is 0 Å². The Morgan fingerprint density at radius 2 is 2.17 bits per heavy atom. The van der Waals surface area contributed by atoms with Crippen molar-refractivity contribution in [2.45, 2.75) is 27.3 Å². The minimum atomic E-state index is -0.0933. The molecule has 1 fully saturated rings. The van der Waals surface area contributed by atoms with Crippen molar-refractivity contribution in [3.05, 3.63) is 27.8 Å². The molecule has 122 valence electrons. The molecular weight excluding hydrogens is 312 g/mol. The standard InChI is InChI=1S/C16H20N4O2S/c1-10-6-13(14-9-23-12(3)18-14)11(2)20(10)8-16(22)19-5-4-17-15(21)7-19/h6,9H,4-5,7-8H2,1-3H3,(H,17,21). The van der Waals surface area contributed by atoms with Crippen LogP contribution in [0.4, 0.5) is 0 Å². The van der Waals surface area contributed by atoms with Gasteiger partial charge in [-0.1, -0.05) is 0 Å². The van der Waals surface area contributed by atoms with Gasteiger partial charge in [0.2, 0.25) is 11.8 Å². The van der Waals surface area contributed by atoms with Gasteiger partial charge in [0.1, 0.15) is 6.54 Å². The number of rotatable bonds is 3. The Balaban J connectivity index is 1.82. The Hall–Kier alpha value is -2.15. The molecule has 1 N–H and O–H groups in total. The van der Waals surface area contributed by atoms with E-state index in [1.165, 1.54) is 0 Å². The fourth-order valence-electron chi connectivity index (χ4n) is 2.88. The maximum absolute atomic E-state index is 12.5. The molecule has 2 amide bonds. The normalized spacial score (nSPS) is 14.9. The Kier molecular flexibility index (Phi) is 4.21. The Bertz CT molecular complexity index is 762. The van der Waals surface area contributed by atoms with E-state index in [2.05, 4.69) is 16.4 Å². The van der Waals surface area contributed by atoms with E-state index in [0.717, 1.165) is 27.7 Å². The summed E-state index contributed by atoms with van der Waals surface area (Å²) in [6.07, 6.45) is 0. The van der Waals surface area contributed by atoms with Crippen molar-refractivity contribution in [2.75, 3.05) is 19.6 Å². The molecule has 0 aromatic carbocycles. The summed E-state index contributed by atoms with van der Waals surface area (Å²) in [6, 6.07) is 2.07. The number of carbonyl (C=O) groups excluding carboxylic acids is 2. The maximum atomic E-state index is 12.5. The number of thiazole rings is 1. The molecule has 3 heterocycles. The second-order valence-corrected chi connectivity index (χ2v) is 6.85. The van der Waals surface area contributed by atoms with Crippen LogP contribution in [-0.2, 0) is 16.1 Å². The molecule has 23 heavy (non-hydrogen) atoms. The summed E-state index contributed by atoms with van der Waals surface area (Å²) < 4.78 is 2.00. The van der Waals surface area contributed by atoms with Crippen LogP contribution in [-0.4, -0.2) is 45.9 Å². The highest BCUT2D eigenvalue weighted by Crippen LogP contribution is 2.28. The molecule has 2 aromatic rings. The van der Waals surface area contributed by atoms with Gasteiger partial charge < -0.3 is 14.8 Å². The lowest BCUT2D eigenvalue weighted by Gasteiger charge is -2.27. The number of nitrogens with one attached hydrogen (secondary N) is 1. The van der Waals surface area contributed by atoms with Crippen molar-refractivity contribution in [3.8, 4) is 11.3 Å². The number of nitrogens with zero attached hydrogens (tertiary/aromatic N) is 3. The number of piperazine rings is 1. The molecule has 7 heteroatoms. The summed E-state index contributed by atoms with van der Waals surface area (Å²) in [5, 5.41) is 5.80. The van der Waals surface area contributed by atoms with Gasteiger partial charge in [0.05, 0.1) is 17.2 Å². The van der Waals surface area contributed by atoms with Gasteiger partial charge >= 0.3 is 0 Å². The summed E-state index contributed by atoms with van der Waals surface area (Å²) >= 11 is 1.62. The van der Waals surface area contributed by atoms with Gasteiger partial charge in [-0.15, -0.1) is 11.3 Å². The van der Waals surface area contributed by atoms with E-state index in [-0.39, 0.29) is 24.9 Å². The molecule has 0 radical (unpaired) electrons. The van der Waals surface area contributed by atoms with Crippen LogP contribution in [0.25, 0.3) is 11.3 Å². The zero-order chi connectivity index (χ0) is 16.6. The van der Waals surface area contributed by atoms with E-state index in [1.54, 1.807) is 16.2 Å². The Morgan fingerprint density at radius 1 is 1.39 bits per heavy atom. The predicted octanol–water partition coefficient (Wildman–Crippen LogP) is 1.50. The second-order valence-electron chi connectivity index (χ2n) is 5.79. The molecule has 0 aliphatic carbocycles. The zero-order valence-electron chi connectivity index (χ0n) is 13.5. The third-order valence-corrected chi connectivity index (χ3v) is 4.93. The van der Waals surface area contributed by atoms with Crippen LogP contribution in [0.5, 0.6) is 0 Å². The van der Waals surface area contributed by atoms with Gasteiger partial charge in [0.25, 0.3) is 0 Å². The van der Waals surface area contributed by atoms with Crippen LogP contribution >= 0.6 is 11.3 Å². The number of aromatic nitrogens is 2. The van der Waals surface area contributed by atoms with Crippen LogP contribution in [0.15, 0.2) is 11.4 Å². The number of carbonyl (C=O) groups is 2. The SMILES string of the molecule is Cc1nc(-c2cc(C)n(CC(=O)N3CCNC(=O)C3)c2C)cs1. The first-order valence-corrected chi connectivity index (χ1v) is 8.47. The average molecular weight is 332 g/mol. The smallest absolute Gasteiger partial charge is 0.243 e. The fourth-order valence-corrected chi connectivity index (χ4v) is 3.49. The van der Waals surface area contributed by atoms with Crippen molar-refractivity contribution in [1.82, 2.24) is 19.8 Å². The van der Waals surface area contributed by atoms with Crippen LogP contribution in [0, 0.1) is 20.8 Å². The Morgan fingerprint density at radius 3 is 2.83 bits per heavy atom. The first kappa shape index (κ1) is 15.7. The number of hydrogen-bond acceptors (Lipinski definition) is 4. The predicted molar refractivity (Wildman–Crippen MR) is 89.3 cm³/mol. The molecule has 1 aliphatic heterocycles. The lowest BCUT2D eigenvalue weighted by atomic mass is 10.2. The molecule has 0 bridgehead atoms. The first-order valence-electron chi connectivity index (χ1n) is 7.59. The van der Waals surface area contributed by atoms with Crippen molar-refractivity contribution >= 4 is 23.2 Å². The van der Waals surface area contributed by atoms with Gasteiger partial charge in [0, 0.05) is 35.4 Å². The van der Waals surface area contributed by atoms with Crippen molar-refractivity contribution in [1.29, 1.82) is 0 Å². The summed E-state index contributed by atoms with van der Waals surface area (Å²) in [6.45, 7) is 7.49. The summed E-state index contributed by atoms with van der Waals surface area (Å²) in [5.41, 5.74) is 4.08. The van der Waals surface area contributed by atoms with E-state index in [0.29, 0.717) is 13.1 Å². The second kappa shape index (κ2) is 6.16. The molecular formula is C16H20N4O2S. The highest BCUT2D eigenvalue weighted by molar-refractivity contribution is 7.09. The minimum Gasteiger partial charge on any atom is -0.353 e. The first-order chi connectivity index (χ1) is 11.0. The third-order valence-electron chi connectivity index (χ3n) is 4.15. The molecule has 2 aromatic heterocycles. The quantitative estimate of drug-likeness (QED) is 0.926. The van der Waals surface area contributed by atoms with Gasteiger partial charge in [0.15, 0.2) is 0 Å².